The van der Waals surface area contributed by atoms with Crippen molar-refractivity contribution >= 4 is 11.5 Å². The van der Waals surface area contributed by atoms with Gasteiger partial charge in [0, 0.05) is 23.4 Å². The van der Waals surface area contributed by atoms with E-state index in [1.54, 1.807) is 0 Å². The molecule has 1 aliphatic rings. The van der Waals surface area contributed by atoms with Crippen molar-refractivity contribution in [2.45, 2.75) is 58.9 Å². The molecule has 1 atom stereocenters. The van der Waals surface area contributed by atoms with Gasteiger partial charge in [0.25, 0.3) is 0 Å². The third-order valence-corrected chi connectivity index (χ3v) is 6.15. The zero-order valence-corrected chi connectivity index (χ0v) is 21.3. The SMILES string of the molecule is C\C=C/C=C\C=C(/C)c1cc(-c2ccccc2)c(C(C)C)n1C1C=CC=C(CCCC(=O)O)C=C1. The van der Waals surface area contributed by atoms with Crippen LogP contribution in [0.15, 0.2) is 103 Å². The normalized spacial score (nSPS) is 16.4. The van der Waals surface area contributed by atoms with Gasteiger partial charge in [-0.1, -0.05) is 105 Å². The lowest BCUT2D eigenvalue weighted by molar-refractivity contribution is -0.137. The molecule has 3 rings (SSSR count). The Balaban J connectivity index is 2.08. The van der Waals surface area contributed by atoms with E-state index in [2.05, 4.69) is 110 Å². The van der Waals surface area contributed by atoms with Gasteiger partial charge in [0.2, 0.25) is 0 Å². The number of benzene rings is 1. The van der Waals surface area contributed by atoms with Gasteiger partial charge in [0.05, 0.1) is 6.04 Å². The summed E-state index contributed by atoms with van der Waals surface area (Å²) in [6.45, 7) is 8.70. The summed E-state index contributed by atoms with van der Waals surface area (Å²) < 4.78 is 2.46. The maximum atomic E-state index is 10.9. The Morgan fingerprint density at radius 3 is 2.57 bits per heavy atom. The van der Waals surface area contributed by atoms with E-state index in [0.717, 1.165) is 12.0 Å². The van der Waals surface area contributed by atoms with E-state index in [4.69, 9.17) is 5.11 Å². The van der Waals surface area contributed by atoms with E-state index >= 15 is 0 Å². The third-order valence-electron chi connectivity index (χ3n) is 6.15. The van der Waals surface area contributed by atoms with E-state index in [0.29, 0.717) is 12.3 Å². The summed E-state index contributed by atoms with van der Waals surface area (Å²) in [6, 6.07) is 13.0. The third kappa shape index (κ3) is 6.95. The average Bonchev–Trinajstić information content (AvgIpc) is 3.10. The van der Waals surface area contributed by atoms with E-state index in [1.807, 2.05) is 19.1 Å². The van der Waals surface area contributed by atoms with Crippen molar-refractivity contribution < 1.29 is 9.90 Å². The molecule has 0 fully saturated rings. The van der Waals surface area contributed by atoms with Crippen LogP contribution >= 0.6 is 0 Å². The van der Waals surface area contributed by atoms with E-state index < -0.39 is 5.97 Å². The summed E-state index contributed by atoms with van der Waals surface area (Å²) in [7, 11) is 0. The molecule has 1 aliphatic carbocycles. The van der Waals surface area contributed by atoms with Crippen LogP contribution in [0.1, 0.15) is 70.3 Å². The van der Waals surface area contributed by atoms with Crippen molar-refractivity contribution in [3.8, 4) is 11.1 Å². The fraction of sp³-hybridized carbons (Fsp3) is 0.281. The minimum Gasteiger partial charge on any atom is -0.481 e. The molecule has 1 heterocycles. The van der Waals surface area contributed by atoms with Crippen LogP contribution in [0.3, 0.4) is 0 Å². The van der Waals surface area contributed by atoms with E-state index in [-0.39, 0.29) is 12.5 Å². The number of allylic oxidation sites excluding steroid dienone is 12. The van der Waals surface area contributed by atoms with Crippen molar-refractivity contribution in [1.82, 2.24) is 4.57 Å². The van der Waals surface area contributed by atoms with Crippen LogP contribution < -0.4 is 0 Å². The molecule has 0 bridgehead atoms. The van der Waals surface area contributed by atoms with Crippen LogP contribution in [-0.2, 0) is 4.79 Å². The van der Waals surface area contributed by atoms with Crippen LogP contribution in [-0.4, -0.2) is 15.6 Å². The summed E-state index contributed by atoms with van der Waals surface area (Å²) in [4.78, 5) is 10.9. The molecule has 3 heteroatoms. The molecular formula is C32H37NO2. The fourth-order valence-corrected chi connectivity index (χ4v) is 4.48. The Hall–Kier alpha value is -3.59. The second-order valence-electron chi connectivity index (χ2n) is 9.20. The van der Waals surface area contributed by atoms with Gasteiger partial charge >= 0.3 is 5.97 Å². The number of rotatable bonds is 10. The van der Waals surface area contributed by atoms with Crippen molar-refractivity contribution in [3.05, 3.63) is 114 Å². The molecule has 0 saturated heterocycles. The minimum atomic E-state index is -0.741. The number of carboxylic acid groups (broad SMARTS) is 1. The molecule has 0 saturated carbocycles. The monoisotopic (exact) mass is 467 g/mol. The van der Waals surface area contributed by atoms with Gasteiger partial charge in [-0.05, 0) is 55.4 Å². The molecular weight excluding hydrogens is 430 g/mol. The summed E-state index contributed by atoms with van der Waals surface area (Å²) in [5.74, 6) is -0.410. The van der Waals surface area contributed by atoms with E-state index in [9.17, 15) is 4.79 Å². The molecule has 3 nitrogen and oxygen atoms in total. The number of hydrogen-bond acceptors (Lipinski definition) is 1. The van der Waals surface area contributed by atoms with Crippen LogP contribution in [0, 0.1) is 0 Å². The number of aliphatic carboxylic acids is 1. The molecule has 1 aromatic carbocycles. The van der Waals surface area contributed by atoms with Crippen LogP contribution in [0.25, 0.3) is 16.7 Å². The first-order chi connectivity index (χ1) is 16.9. The van der Waals surface area contributed by atoms with Crippen LogP contribution in [0.4, 0.5) is 0 Å². The Labute approximate surface area is 210 Å². The predicted molar refractivity (Wildman–Crippen MR) is 148 cm³/mol. The molecule has 182 valence electrons. The quantitative estimate of drug-likeness (QED) is 0.355. The molecule has 0 spiro atoms. The first-order valence-corrected chi connectivity index (χ1v) is 12.5. The smallest absolute Gasteiger partial charge is 0.303 e. The van der Waals surface area contributed by atoms with Crippen molar-refractivity contribution in [1.29, 1.82) is 0 Å². The van der Waals surface area contributed by atoms with Gasteiger partial charge in [-0.25, -0.2) is 0 Å². The second-order valence-corrected chi connectivity index (χ2v) is 9.20. The molecule has 0 aliphatic heterocycles. The van der Waals surface area contributed by atoms with Gasteiger partial charge in [0.15, 0.2) is 0 Å². The lowest BCUT2D eigenvalue weighted by Gasteiger charge is -2.22. The standard InChI is InChI=1S/C32H37NO2/c1-5-6-7-9-14-25(4)30-23-29(27-17-10-8-11-18-27)32(24(2)3)33(30)28-19-12-15-26(21-22-28)16-13-20-31(34)35/h5-12,14-15,17-19,21-24,28H,13,16,20H2,1-4H3,(H,34,35)/b6-5-,9-7-,25-14+. The second kappa shape index (κ2) is 12.8. The largest absolute Gasteiger partial charge is 0.481 e. The van der Waals surface area contributed by atoms with Crippen molar-refractivity contribution in [2.24, 2.45) is 0 Å². The summed E-state index contributed by atoms with van der Waals surface area (Å²) in [6.07, 6.45) is 22.8. The van der Waals surface area contributed by atoms with Gasteiger partial charge in [-0.3, -0.25) is 4.79 Å². The maximum absolute atomic E-state index is 10.9. The van der Waals surface area contributed by atoms with Gasteiger partial charge < -0.3 is 9.67 Å². The topological polar surface area (TPSA) is 42.2 Å². The maximum Gasteiger partial charge on any atom is 0.303 e. The molecule has 0 amide bonds. The Morgan fingerprint density at radius 2 is 1.89 bits per heavy atom. The molecule has 2 aromatic rings. The first-order valence-electron chi connectivity index (χ1n) is 12.5. The predicted octanol–water partition coefficient (Wildman–Crippen LogP) is 8.66. The number of nitrogens with zero attached hydrogens (tertiary/aromatic N) is 1. The number of carboxylic acids is 1. The summed E-state index contributed by atoms with van der Waals surface area (Å²) in [5.41, 5.74) is 7.37. The lowest BCUT2D eigenvalue weighted by atomic mass is 9.99. The lowest BCUT2D eigenvalue weighted by Crippen LogP contribution is -2.12. The molecule has 1 aromatic heterocycles. The van der Waals surface area contributed by atoms with Gasteiger partial charge in [0.1, 0.15) is 0 Å². The highest BCUT2D eigenvalue weighted by atomic mass is 16.4. The zero-order chi connectivity index (χ0) is 25.2. The highest BCUT2D eigenvalue weighted by molar-refractivity contribution is 5.75. The minimum absolute atomic E-state index is 0.0657. The number of aromatic nitrogens is 1. The molecule has 35 heavy (non-hydrogen) atoms. The van der Waals surface area contributed by atoms with Crippen molar-refractivity contribution in [2.75, 3.05) is 0 Å². The highest BCUT2D eigenvalue weighted by Crippen LogP contribution is 2.38. The zero-order valence-electron chi connectivity index (χ0n) is 21.3. The van der Waals surface area contributed by atoms with Crippen LogP contribution in [0.5, 0.6) is 0 Å². The van der Waals surface area contributed by atoms with Gasteiger partial charge in [-0.15, -0.1) is 0 Å². The summed E-state index contributed by atoms with van der Waals surface area (Å²) >= 11 is 0. The Morgan fingerprint density at radius 1 is 1.11 bits per heavy atom. The van der Waals surface area contributed by atoms with Gasteiger partial charge in [-0.2, -0.15) is 0 Å². The highest BCUT2D eigenvalue weighted by Gasteiger charge is 2.23. The Bertz CT molecular complexity index is 1180. The summed E-state index contributed by atoms with van der Waals surface area (Å²) in [5, 5.41) is 8.97. The number of hydrogen-bond donors (Lipinski definition) is 1. The van der Waals surface area contributed by atoms with Crippen molar-refractivity contribution in [3.63, 3.8) is 0 Å². The van der Waals surface area contributed by atoms with E-state index in [1.165, 1.54) is 28.1 Å². The van der Waals surface area contributed by atoms with Crippen LogP contribution in [0.2, 0.25) is 0 Å². The number of carbonyl (C=O) groups is 1. The average molecular weight is 468 g/mol. The molecule has 1 N–H and O–H groups in total. The molecule has 1 unspecified atom stereocenters. The first kappa shape index (κ1) is 26.0. The Kier molecular flexibility index (Phi) is 9.48. The molecule has 0 radical (unpaired) electrons. The fourth-order valence-electron chi connectivity index (χ4n) is 4.48.